The summed E-state index contributed by atoms with van der Waals surface area (Å²) in [5.74, 6) is -0.766. The van der Waals surface area contributed by atoms with Gasteiger partial charge in [0.2, 0.25) is 0 Å². The topological polar surface area (TPSA) is 42.2 Å². The van der Waals surface area contributed by atoms with Crippen molar-refractivity contribution in [1.29, 1.82) is 0 Å². The van der Waals surface area contributed by atoms with Gasteiger partial charge in [-0.15, -0.1) is 0 Å². The number of carboxylic acid groups (broad SMARTS) is 1. The summed E-state index contributed by atoms with van der Waals surface area (Å²) >= 11 is 0. The highest BCUT2D eigenvalue weighted by atomic mass is 16.4. The van der Waals surface area contributed by atoms with Gasteiger partial charge in [-0.2, -0.15) is 0 Å². The van der Waals surface area contributed by atoms with Crippen LogP contribution in [0.15, 0.2) is 97.2 Å². The summed E-state index contributed by atoms with van der Waals surface area (Å²) in [6.45, 7) is 0. The van der Waals surface area contributed by atoms with Crippen molar-refractivity contribution in [2.45, 2.75) is 19.3 Å². The molecule has 1 aromatic heterocycles. The molecule has 0 aliphatic carbocycles. The molecule has 0 aliphatic heterocycles. The van der Waals surface area contributed by atoms with Gasteiger partial charge < -0.3 is 9.67 Å². The van der Waals surface area contributed by atoms with Gasteiger partial charge in [-0.25, -0.2) is 0 Å². The Morgan fingerprint density at radius 1 is 0.774 bits per heavy atom. The quantitative estimate of drug-likeness (QED) is 0.356. The summed E-state index contributed by atoms with van der Waals surface area (Å²) in [5, 5.41) is 12.8. The SMILES string of the molecule is O=C(O)CCc1ccc2c(c1)c(Cc1cccc3ccccc13)cn2-c1ccccc1. The average molecular weight is 405 g/mol. The number of fused-ring (bicyclic) bond motifs is 2. The lowest BCUT2D eigenvalue weighted by Gasteiger charge is -2.07. The van der Waals surface area contributed by atoms with Crippen molar-refractivity contribution >= 4 is 27.6 Å². The zero-order valence-corrected chi connectivity index (χ0v) is 17.2. The van der Waals surface area contributed by atoms with Crippen LogP contribution in [0.4, 0.5) is 0 Å². The summed E-state index contributed by atoms with van der Waals surface area (Å²) in [7, 11) is 0. The maximum atomic E-state index is 11.1. The van der Waals surface area contributed by atoms with E-state index in [1.54, 1.807) is 0 Å². The van der Waals surface area contributed by atoms with Crippen LogP contribution in [0.25, 0.3) is 27.4 Å². The molecular weight excluding hydrogens is 382 g/mol. The first-order chi connectivity index (χ1) is 15.2. The predicted octanol–water partition coefficient (Wildman–Crippen LogP) is 6.39. The molecule has 5 rings (SSSR count). The van der Waals surface area contributed by atoms with Gasteiger partial charge in [0.15, 0.2) is 0 Å². The van der Waals surface area contributed by atoms with Gasteiger partial charge in [-0.05, 0) is 58.1 Å². The van der Waals surface area contributed by atoms with Crippen molar-refractivity contribution in [3.05, 3.63) is 114 Å². The van der Waals surface area contributed by atoms with Crippen LogP contribution >= 0.6 is 0 Å². The molecule has 1 heterocycles. The highest BCUT2D eigenvalue weighted by molar-refractivity contribution is 5.89. The molecule has 5 aromatic rings. The molecule has 0 atom stereocenters. The number of hydrogen-bond donors (Lipinski definition) is 1. The van der Waals surface area contributed by atoms with Crippen LogP contribution in [0.1, 0.15) is 23.1 Å². The van der Waals surface area contributed by atoms with Gasteiger partial charge >= 0.3 is 5.97 Å². The minimum Gasteiger partial charge on any atom is -0.481 e. The van der Waals surface area contributed by atoms with Gasteiger partial charge in [0, 0.05) is 30.1 Å². The number of carbonyl (C=O) groups is 1. The monoisotopic (exact) mass is 405 g/mol. The van der Waals surface area contributed by atoms with E-state index in [9.17, 15) is 4.79 Å². The second-order valence-electron chi connectivity index (χ2n) is 7.92. The molecule has 31 heavy (non-hydrogen) atoms. The Labute approximate surface area is 181 Å². The molecule has 0 aliphatic rings. The summed E-state index contributed by atoms with van der Waals surface area (Å²) in [6.07, 6.45) is 3.72. The van der Waals surface area contributed by atoms with E-state index in [1.807, 2.05) is 24.3 Å². The Morgan fingerprint density at radius 2 is 1.55 bits per heavy atom. The Bertz CT molecular complexity index is 1380. The maximum absolute atomic E-state index is 11.1. The molecule has 3 heteroatoms. The summed E-state index contributed by atoms with van der Waals surface area (Å²) < 4.78 is 2.23. The van der Waals surface area contributed by atoms with Crippen LogP contribution in [-0.2, 0) is 17.6 Å². The molecule has 0 radical (unpaired) electrons. The zero-order valence-electron chi connectivity index (χ0n) is 17.2. The van der Waals surface area contributed by atoms with E-state index < -0.39 is 5.97 Å². The van der Waals surface area contributed by atoms with Crippen LogP contribution < -0.4 is 0 Å². The third kappa shape index (κ3) is 3.82. The number of benzene rings is 4. The van der Waals surface area contributed by atoms with Gasteiger partial charge in [-0.1, -0.05) is 66.7 Å². The highest BCUT2D eigenvalue weighted by Crippen LogP contribution is 2.30. The van der Waals surface area contributed by atoms with Crippen LogP contribution in [0.3, 0.4) is 0 Å². The van der Waals surface area contributed by atoms with E-state index in [0.717, 1.165) is 23.2 Å². The van der Waals surface area contributed by atoms with Crippen LogP contribution in [0.5, 0.6) is 0 Å². The molecule has 0 saturated carbocycles. The molecule has 4 aromatic carbocycles. The molecule has 0 unspecified atom stereocenters. The normalized spacial score (nSPS) is 11.2. The average Bonchev–Trinajstić information content (AvgIpc) is 3.16. The third-order valence-electron chi connectivity index (χ3n) is 5.87. The minimum absolute atomic E-state index is 0.142. The molecule has 0 fully saturated rings. The second kappa shape index (κ2) is 8.11. The largest absolute Gasteiger partial charge is 0.481 e. The summed E-state index contributed by atoms with van der Waals surface area (Å²) in [6, 6.07) is 31.6. The Morgan fingerprint density at radius 3 is 2.39 bits per heavy atom. The lowest BCUT2D eigenvalue weighted by Crippen LogP contribution is -1.97. The smallest absolute Gasteiger partial charge is 0.303 e. The lowest BCUT2D eigenvalue weighted by molar-refractivity contribution is -0.136. The highest BCUT2D eigenvalue weighted by Gasteiger charge is 2.13. The van der Waals surface area contributed by atoms with Crippen molar-refractivity contribution in [2.24, 2.45) is 0 Å². The Hall–Kier alpha value is -3.85. The van der Waals surface area contributed by atoms with Crippen LogP contribution in [0, 0.1) is 0 Å². The van der Waals surface area contributed by atoms with E-state index >= 15 is 0 Å². The fraction of sp³-hybridized carbons (Fsp3) is 0.107. The zero-order chi connectivity index (χ0) is 21.2. The third-order valence-corrected chi connectivity index (χ3v) is 5.87. The number of nitrogens with zero attached hydrogens (tertiary/aromatic N) is 1. The number of hydrogen-bond acceptors (Lipinski definition) is 1. The van der Waals surface area contributed by atoms with Gasteiger partial charge in [-0.3, -0.25) is 4.79 Å². The van der Waals surface area contributed by atoms with Crippen LogP contribution in [0.2, 0.25) is 0 Å². The predicted molar refractivity (Wildman–Crippen MR) is 126 cm³/mol. The van der Waals surface area contributed by atoms with Crippen LogP contribution in [-0.4, -0.2) is 15.6 Å². The van der Waals surface area contributed by atoms with Gasteiger partial charge in [0.1, 0.15) is 0 Å². The number of aryl methyl sites for hydroxylation is 1. The maximum Gasteiger partial charge on any atom is 0.303 e. The van der Waals surface area contributed by atoms with E-state index in [-0.39, 0.29) is 6.42 Å². The van der Waals surface area contributed by atoms with Crippen molar-refractivity contribution in [3.63, 3.8) is 0 Å². The molecule has 0 spiro atoms. The molecule has 1 N–H and O–H groups in total. The van der Waals surface area contributed by atoms with Crippen molar-refractivity contribution in [1.82, 2.24) is 4.57 Å². The van der Waals surface area contributed by atoms with E-state index in [2.05, 4.69) is 77.5 Å². The Kier molecular flexibility index (Phi) is 5.01. The van der Waals surface area contributed by atoms with Crippen molar-refractivity contribution in [2.75, 3.05) is 0 Å². The first kappa shape index (κ1) is 19.1. The summed E-state index contributed by atoms with van der Waals surface area (Å²) in [5.41, 5.74) is 5.85. The van der Waals surface area contributed by atoms with Crippen molar-refractivity contribution < 1.29 is 9.90 Å². The molecule has 0 bridgehead atoms. The minimum atomic E-state index is -0.766. The fourth-order valence-electron chi connectivity index (χ4n) is 4.35. The number of aromatic nitrogens is 1. The molecule has 152 valence electrons. The fourth-order valence-corrected chi connectivity index (χ4v) is 4.35. The molecular formula is C28H23NO2. The lowest BCUT2D eigenvalue weighted by atomic mass is 9.97. The van der Waals surface area contributed by atoms with E-state index in [0.29, 0.717) is 6.42 Å². The van der Waals surface area contributed by atoms with Gasteiger partial charge in [0.05, 0.1) is 5.52 Å². The Balaban J connectivity index is 1.64. The standard InChI is InChI=1S/C28H23NO2/c30-28(31)16-14-20-13-15-27-26(17-20)23(19-29(27)24-10-2-1-3-11-24)18-22-9-6-8-21-7-4-5-12-25(21)22/h1-13,15,17,19H,14,16,18H2,(H,30,31). The molecule has 0 amide bonds. The van der Waals surface area contributed by atoms with E-state index in [4.69, 9.17) is 5.11 Å². The van der Waals surface area contributed by atoms with Crippen molar-refractivity contribution in [3.8, 4) is 5.69 Å². The first-order valence-corrected chi connectivity index (χ1v) is 10.6. The summed E-state index contributed by atoms with van der Waals surface area (Å²) in [4.78, 5) is 11.1. The number of carboxylic acids is 1. The van der Waals surface area contributed by atoms with E-state index in [1.165, 1.54) is 27.3 Å². The molecule has 3 nitrogen and oxygen atoms in total. The van der Waals surface area contributed by atoms with Gasteiger partial charge in [0.25, 0.3) is 0 Å². The number of aliphatic carboxylic acids is 1. The molecule has 0 saturated heterocycles. The first-order valence-electron chi connectivity index (χ1n) is 10.6. The second-order valence-corrected chi connectivity index (χ2v) is 7.92. The number of rotatable bonds is 6. The number of para-hydroxylation sites is 1.